The molecule has 2 aromatic carbocycles. The van der Waals surface area contributed by atoms with Gasteiger partial charge >= 0.3 is 0 Å². The average Bonchev–Trinajstić information content (AvgIpc) is 2.96. The molecule has 0 unspecified atom stereocenters. The molecule has 1 atom stereocenters. The lowest BCUT2D eigenvalue weighted by atomic mass is 10.1. The van der Waals surface area contributed by atoms with Crippen LogP contribution in [-0.2, 0) is 17.6 Å². The molecule has 1 amide bonds. The van der Waals surface area contributed by atoms with Crippen molar-refractivity contribution in [3.8, 4) is 11.5 Å². The molecule has 0 saturated heterocycles. The molecule has 1 N–H and O–H groups in total. The van der Waals surface area contributed by atoms with Gasteiger partial charge in [-0.3, -0.25) is 4.79 Å². The molecular formula is C19H20FNO3. The van der Waals surface area contributed by atoms with Crippen molar-refractivity contribution >= 4 is 5.91 Å². The van der Waals surface area contributed by atoms with Crippen LogP contribution in [-0.4, -0.2) is 20.1 Å². The molecule has 1 aliphatic rings. The van der Waals surface area contributed by atoms with Crippen LogP contribution in [0.1, 0.15) is 29.2 Å². The average molecular weight is 329 g/mol. The van der Waals surface area contributed by atoms with E-state index < -0.39 is 0 Å². The first-order chi connectivity index (χ1) is 11.6. The molecule has 4 nitrogen and oxygen atoms in total. The van der Waals surface area contributed by atoms with E-state index >= 15 is 0 Å². The van der Waals surface area contributed by atoms with E-state index in [9.17, 15) is 9.18 Å². The predicted molar refractivity (Wildman–Crippen MR) is 88.9 cm³/mol. The topological polar surface area (TPSA) is 47.6 Å². The number of nitrogens with one attached hydrogen (secondary N) is 1. The Bertz CT molecular complexity index is 760. The van der Waals surface area contributed by atoms with Gasteiger partial charge < -0.3 is 14.8 Å². The molecule has 0 aromatic heterocycles. The fourth-order valence-electron chi connectivity index (χ4n) is 3.16. The highest BCUT2D eigenvalue weighted by atomic mass is 19.1. The fraction of sp³-hybridized carbons (Fsp3) is 0.316. The largest absolute Gasteiger partial charge is 0.493 e. The van der Waals surface area contributed by atoms with E-state index in [0.717, 1.165) is 29.5 Å². The van der Waals surface area contributed by atoms with E-state index in [1.807, 2.05) is 6.07 Å². The number of amides is 1. The molecular weight excluding hydrogens is 309 g/mol. The summed E-state index contributed by atoms with van der Waals surface area (Å²) in [5.41, 5.74) is 2.84. The Morgan fingerprint density at radius 3 is 2.71 bits per heavy atom. The Labute approximate surface area is 140 Å². The summed E-state index contributed by atoms with van der Waals surface area (Å²) in [6.45, 7) is 0. The molecule has 3 rings (SSSR count). The van der Waals surface area contributed by atoms with Crippen molar-refractivity contribution < 1.29 is 18.7 Å². The van der Waals surface area contributed by atoms with Crippen LogP contribution in [0.15, 0.2) is 36.4 Å². The van der Waals surface area contributed by atoms with Crippen molar-refractivity contribution in [2.45, 2.75) is 25.3 Å². The van der Waals surface area contributed by atoms with Crippen molar-refractivity contribution in [2.24, 2.45) is 0 Å². The third-order valence-corrected chi connectivity index (χ3v) is 4.33. The van der Waals surface area contributed by atoms with Gasteiger partial charge in [-0.05, 0) is 53.8 Å². The summed E-state index contributed by atoms with van der Waals surface area (Å²) in [5.74, 6) is 0.938. The van der Waals surface area contributed by atoms with Crippen molar-refractivity contribution in [1.82, 2.24) is 5.32 Å². The van der Waals surface area contributed by atoms with Crippen molar-refractivity contribution in [3.05, 3.63) is 58.9 Å². The molecule has 5 heteroatoms. The second-order valence-electron chi connectivity index (χ2n) is 5.87. The minimum atomic E-state index is -0.231. The number of benzene rings is 2. The van der Waals surface area contributed by atoms with E-state index in [-0.39, 0.29) is 24.2 Å². The van der Waals surface area contributed by atoms with Crippen LogP contribution in [0, 0.1) is 5.82 Å². The van der Waals surface area contributed by atoms with Crippen molar-refractivity contribution in [3.63, 3.8) is 0 Å². The number of aryl methyl sites for hydroxylation is 1. The smallest absolute Gasteiger partial charge is 0.224 e. The Kier molecular flexibility index (Phi) is 4.69. The molecule has 0 fully saturated rings. The maximum absolute atomic E-state index is 13.3. The fourth-order valence-corrected chi connectivity index (χ4v) is 3.16. The molecule has 1 aliphatic carbocycles. The highest BCUT2D eigenvalue weighted by Crippen LogP contribution is 2.32. The molecule has 0 aliphatic heterocycles. The lowest BCUT2D eigenvalue weighted by molar-refractivity contribution is -0.121. The second-order valence-corrected chi connectivity index (χ2v) is 5.87. The minimum Gasteiger partial charge on any atom is -0.493 e. The molecule has 126 valence electrons. The number of ether oxygens (including phenoxy) is 2. The van der Waals surface area contributed by atoms with Gasteiger partial charge in [-0.15, -0.1) is 0 Å². The van der Waals surface area contributed by atoms with Gasteiger partial charge in [0.15, 0.2) is 11.5 Å². The molecule has 0 bridgehead atoms. The summed E-state index contributed by atoms with van der Waals surface area (Å²) < 4.78 is 23.7. The van der Waals surface area contributed by atoms with Gasteiger partial charge in [0.1, 0.15) is 5.82 Å². The summed E-state index contributed by atoms with van der Waals surface area (Å²) in [7, 11) is 3.14. The summed E-state index contributed by atoms with van der Waals surface area (Å²) >= 11 is 0. The van der Waals surface area contributed by atoms with Crippen molar-refractivity contribution in [1.29, 1.82) is 0 Å². The zero-order chi connectivity index (χ0) is 17.1. The highest BCUT2D eigenvalue weighted by Gasteiger charge is 2.24. The van der Waals surface area contributed by atoms with E-state index in [2.05, 4.69) is 5.32 Å². The summed E-state index contributed by atoms with van der Waals surface area (Å²) in [6, 6.07) is 10.1. The van der Waals surface area contributed by atoms with Crippen LogP contribution in [0.25, 0.3) is 0 Å². The first-order valence-corrected chi connectivity index (χ1v) is 7.89. The maximum atomic E-state index is 13.3. The summed E-state index contributed by atoms with van der Waals surface area (Å²) in [4.78, 5) is 12.3. The van der Waals surface area contributed by atoms with Gasteiger partial charge in [-0.2, -0.15) is 0 Å². The van der Waals surface area contributed by atoms with Gasteiger partial charge in [0.2, 0.25) is 5.91 Å². The van der Waals surface area contributed by atoms with Gasteiger partial charge in [0, 0.05) is 0 Å². The Balaban J connectivity index is 1.67. The van der Waals surface area contributed by atoms with E-state index in [4.69, 9.17) is 9.47 Å². The quantitative estimate of drug-likeness (QED) is 0.916. The third kappa shape index (κ3) is 3.35. The van der Waals surface area contributed by atoms with E-state index in [0.29, 0.717) is 11.5 Å². The second kappa shape index (κ2) is 6.91. The molecule has 0 saturated carbocycles. The lowest BCUT2D eigenvalue weighted by Crippen LogP contribution is -2.28. The molecule has 0 radical (unpaired) electrons. The monoisotopic (exact) mass is 329 g/mol. The van der Waals surface area contributed by atoms with Gasteiger partial charge in [0.25, 0.3) is 0 Å². The van der Waals surface area contributed by atoms with Crippen LogP contribution in [0.2, 0.25) is 0 Å². The third-order valence-electron chi connectivity index (χ3n) is 4.33. The van der Waals surface area contributed by atoms with E-state index in [1.165, 1.54) is 6.07 Å². The minimum absolute atomic E-state index is 0.0479. The predicted octanol–water partition coefficient (Wildman–Crippen LogP) is 3.19. The molecule has 0 heterocycles. The standard InChI is InChI=1S/C19H20FNO3/c1-23-17-8-3-12(9-18(17)24-2)10-19(22)21-16-7-4-13-11-14(20)5-6-15(13)16/h3,5-6,8-9,11,16H,4,7,10H2,1-2H3,(H,21,22)/t16-/m0/s1. The number of carbonyl (C=O) groups is 1. The maximum Gasteiger partial charge on any atom is 0.224 e. The van der Waals surface area contributed by atoms with Crippen LogP contribution >= 0.6 is 0 Å². The Morgan fingerprint density at radius 2 is 1.96 bits per heavy atom. The molecule has 2 aromatic rings. The van der Waals surface area contributed by atoms with Crippen molar-refractivity contribution in [2.75, 3.05) is 14.2 Å². The van der Waals surface area contributed by atoms with Gasteiger partial charge in [-0.1, -0.05) is 12.1 Å². The number of fused-ring (bicyclic) bond motifs is 1. The number of halogens is 1. The molecule has 24 heavy (non-hydrogen) atoms. The normalized spacial score (nSPS) is 15.7. The Morgan fingerprint density at radius 1 is 1.17 bits per heavy atom. The first-order valence-electron chi connectivity index (χ1n) is 7.89. The van der Waals surface area contributed by atoms with Crippen LogP contribution in [0.5, 0.6) is 11.5 Å². The summed E-state index contributed by atoms with van der Waals surface area (Å²) in [6.07, 6.45) is 1.85. The number of hydrogen-bond acceptors (Lipinski definition) is 3. The SMILES string of the molecule is COc1ccc(CC(=O)N[C@H]2CCc3cc(F)ccc32)cc1OC. The van der Waals surface area contributed by atoms with E-state index in [1.54, 1.807) is 38.5 Å². The lowest BCUT2D eigenvalue weighted by Gasteiger charge is -2.15. The van der Waals surface area contributed by atoms with Crippen LogP contribution in [0.4, 0.5) is 4.39 Å². The van der Waals surface area contributed by atoms with Crippen LogP contribution in [0.3, 0.4) is 0 Å². The number of carbonyl (C=O) groups excluding carboxylic acids is 1. The van der Waals surface area contributed by atoms with Gasteiger partial charge in [0.05, 0.1) is 26.7 Å². The first kappa shape index (κ1) is 16.3. The summed E-state index contributed by atoms with van der Waals surface area (Å²) in [5, 5.41) is 3.04. The number of hydrogen-bond donors (Lipinski definition) is 1. The molecule has 0 spiro atoms. The highest BCUT2D eigenvalue weighted by molar-refractivity contribution is 5.79. The van der Waals surface area contributed by atoms with Gasteiger partial charge in [-0.25, -0.2) is 4.39 Å². The Hall–Kier alpha value is -2.56. The van der Waals surface area contributed by atoms with Crippen LogP contribution < -0.4 is 14.8 Å². The zero-order valence-electron chi connectivity index (χ0n) is 13.8. The number of rotatable bonds is 5. The number of methoxy groups -OCH3 is 2. The zero-order valence-corrected chi connectivity index (χ0v) is 13.8.